The molecular formula is C21H22ClN3O2. The van der Waals surface area contributed by atoms with Gasteiger partial charge in [-0.3, -0.25) is 9.59 Å². The van der Waals surface area contributed by atoms with E-state index in [1.54, 1.807) is 25.1 Å². The average molecular weight is 384 g/mol. The molecule has 0 unspecified atom stereocenters. The quantitative estimate of drug-likeness (QED) is 0.820. The Kier molecular flexibility index (Phi) is 6.14. The Bertz CT molecular complexity index is 824. The van der Waals surface area contributed by atoms with Gasteiger partial charge in [0.1, 0.15) is 0 Å². The molecule has 1 aliphatic heterocycles. The molecule has 2 aromatic carbocycles. The van der Waals surface area contributed by atoms with Crippen LogP contribution in [0.3, 0.4) is 0 Å². The summed E-state index contributed by atoms with van der Waals surface area (Å²) < 4.78 is 0. The van der Waals surface area contributed by atoms with E-state index in [2.05, 4.69) is 10.2 Å². The van der Waals surface area contributed by atoms with Crippen LogP contribution < -0.4 is 10.2 Å². The number of rotatable bonds is 4. The summed E-state index contributed by atoms with van der Waals surface area (Å²) in [5.41, 5.74) is 2.74. The number of nitrogens with zero attached hydrogens (tertiary/aromatic N) is 2. The molecule has 6 heteroatoms. The Morgan fingerprint density at radius 1 is 0.963 bits per heavy atom. The summed E-state index contributed by atoms with van der Waals surface area (Å²) in [5.74, 6) is -0.0628. The molecule has 1 saturated heterocycles. The smallest absolute Gasteiger partial charge is 0.248 e. The summed E-state index contributed by atoms with van der Waals surface area (Å²) >= 11 is 5.85. The zero-order valence-corrected chi connectivity index (χ0v) is 15.9. The highest BCUT2D eigenvalue weighted by Crippen LogP contribution is 2.20. The average Bonchev–Trinajstić information content (AvgIpc) is 2.68. The largest absolute Gasteiger partial charge is 0.368 e. The fourth-order valence-electron chi connectivity index (χ4n) is 2.96. The molecule has 1 aliphatic rings. The van der Waals surface area contributed by atoms with Gasteiger partial charge in [-0.05, 0) is 48.0 Å². The van der Waals surface area contributed by atoms with Crippen molar-refractivity contribution in [2.45, 2.75) is 6.92 Å². The molecule has 0 bridgehead atoms. The van der Waals surface area contributed by atoms with Crippen molar-refractivity contribution in [3.8, 4) is 0 Å². The van der Waals surface area contributed by atoms with Crippen molar-refractivity contribution in [1.29, 1.82) is 0 Å². The van der Waals surface area contributed by atoms with Gasteiger partial charge >= 0.3 is 0 Å². The Morgan fingerprint density at radius 2 is 1.59 bits per heavy atom. The zero-order valence-electron chi connectivity index (χ0n) is 15.2. The van der Waals surface area contributed by atoms with Gasteiger partial charge in [-0.25, -0.2) is 0 Å². The zero-order chi connectivity index (χ0) is 19.2. The Labute approximate surface area is 164 Å². The van der Waals surface area contributed by atoms with Gasteiger partial charge in [-0.15, -0.1) is 0 Å². The second kappa shape index (κ2) is 8.73. The number of piperazine rings is 1. The van der Waals surface area contributed by atoms with Gasteiger partial charge in [0, 0.05) is 55.6 Å². The summed E-state index contributed by atoms with van der Waals surface area (Å²) in [6, 6.07) is 15.0. The van der Waals surface area contributed by atoms with Crippen LogP contribution in [-0.4, -0.2) is 42.9 Å². The van der Waals surface area contributed by atoms with Gasteiger partial charge in [0.15, 0.2) is 0 Å². The lowest BCUT2D eigenvalue weighted by atomic mass is 10.2. The van der Waals surface area contributed by atoms with Crippen LogP contribution in [0.5, 0.6) is 0 Å². The second-order valence-corrected chi connectivity index (χ2v) is 6.85. The molecule has 3 rings (SSSR count). The minimum absolute atomic E-state index is 0.124. The van der Waals surface area contributed by atoms with Crippen LogP contribution in [0.4, 0.5) is 11.4 Å². The van der Waals surface area contributed by atoms with Crippen molar-refractivity contribution in [3.05, 3.63) is 65.2 Å². The first-order valence-corrected chi connectivity index (χ1v) is 9.24. The number of carbonyl (C=O) groups is 2. The van der Waals surface area contributed by atoms with Gasteiger partial charge in [0.2, 0.25) is 11.8 Å². The maximum atomic E-state index is 12.1. The molecular weight excluding hydrogens is 362 g/mol. The van der Waals surface area contributed by atoms with Crippen LogP contribution in [0.2, 0.25) is 5.02 Å². The van der Waals surface area contributed by atoms with Crippen molar-refractivity contribution in [2.75, 3.05) is 36.4 Å². The van der Waals surface area contributed by atoms with Crippen LogP contribution in [0, 0.1) is 0 Å². The number of nitrogens with one attached hydrogen (secondary N) is 1. The normalized spacial score (nSPS) is 14.4. The summed E-state index contributed by atoms with van der Waals surface area (Å²) in [5, 5.41) is 3.52. The van der Waals surface area contributed by atoms with Crippen LogP contribution in [-0.2, 0) is 9.59 Å². The number of hydrogen-bond donors (Lipinski definition) is 1. The fraction of sp³-hybridized carbons (Fsp3) is 0.238. The van der Waals surface area contributed by atoms with E-state index in [1.165, 1.54) is 6.08 Å². The predicted molar refractivity (Wildman–Crippen MR) is 110 cm³/mol. The summed E-state index contributed by atoms with van der Waals surface area (Å²) in [4.78, 5) is 27.6. The maximum absolute atomic E-state index is 12.1. The van der Waals surface area contributed by atoms with Crippen molar-refractivity contribution < 1.29 is 9.59 Å². The van der Waals surface area contributed by atoms with Crippen LogP contribution in [0.15, 0.2) is 54.6 Å². The van der Waals surface area contributed by atoms with E-state index in [1.807, 2.05) is 41.3 Å². The lowest BCUT2D eigenvalue weighted by Gasteiger charge is -2.35. The first-order chi connectivity index (χ1) is 13.0. The first kappa shape index (κ1) is 19.0. The van der Waals surface area contributed by atoms with Gasteiger partial charge in [0.25, 0.3) is 0 Å². The van der Waals surface area contributed by atoms with Crippen LogP contribution in [0.1, 0.15) is 12.5 Å². The van der Waals surface area contributed by atoms with Crippen LogP contribution in [0.25, 0.3) is 6.08 Å². The van der Waals surface area contributed by atoms with Crippen LogP contribution >= 0.6 is 11.6 Å². The minimum Gasteiger partial charge on any atom is -0.368 e. The topological polar surface area (TPSA) is 52.7 Å². The molecule has 5 nitrogen and oxygen atoms in total. The summed E-state index contributed by atoms with van der Waals surface area (Å²) in [6.45, 7) is 4.71. The molecule has 0 spiro atoms. The van der Waals surface area contributed by atoms with E-state index in [0.29, 0.717) is 5.02 Å². The molecule has 27 heavy (non-hydrogen) atoms. The predicted octanol–water partition coefficient (Wildman–Crippen LogP) is 3.66. The van der Waals surface area contributed by atoms with E-state index in [-0.39, 0.29) is 11.8 Å². The van der Waals surface area contributed by atoms with Crippen molar-refractivity contribution in [3.63, 3.8) is 0 Å². The number of halogens is 1. The highest BCUT2D eigenvalue weighted by molar-refractivity contribution is 6.30. The lowest BCUT2D eigenvalue weighted by molar-refractivity contribution is -0.129. The first-order valence-electron chi connectivity index (χ1n) is 8.86. The molecule has 0 saturated carbocycles. The standard InChI is InChI=1S/C21H22ClN3O2/c1-16(26)24-12-14-25(15-13-24)20-9-7-19(8-10-20)23-21(27)11-4-17-2-5-18(22)6-3-17/h2-11H,12-15H2,1H3,(H,23,27). The number of amides is 2. The molecule has 0 aromatic heterocycles. The molecule has 2 amide bonds. The molecule has 1 heterocycles. The van der Waals surface area contributed by atoms with Gasteiger partial charge in [0.05, 0.1) is 0 Å². The molecule has 1 N–H and O–H groups in total. The Hall–Kier alpha value is -2.79. The highest BCUT2D eigenvalue weighted by Gasteiger charge is 2.18. The Morgan fingerprint density at radius 3 is 2.19 bits per heavy atom. The van der Waals surface area contributed by atoms with Crippen molar-refractivity contribution >= 4 is 40.9 Å². The third-order valence-electron chi connectivity index (χ3n) is 4.52. The molecule has 0 atom stereocenters. The summed E-state index contributed by atoms with van der Waals surface area (Å²) in [7, 11) is 0. The number of anilines is 2. The van der Waals surface area contributed by atoms with Gasteiger partial charge in [-0.2, -0.15) is 0 Å². The van der Waals surface area contributed by atoms with Crippen molar-refractivity contribution in [2.24, 2.45) is 0 Å². The number of hydrogen-bond acceptors (Lipinski definition) is 3. The van der Waals surface area contributed by atoms with Gasteiger partial charge < -0.3 is 15.1 Å². The third-order valence-corrected chi connectivity index (χ3v) is 4.77. The second-order valence-electron chi connectivity index (χ2n) is 6.41. The van der Waals surface area contributed by atoms with E-state index in [0.717, 1.165) is 43.1 Å². The molecule has 1 fully saturated rings. The highest BCUT2D eigenvalue weighted by atomic mass is 35.5. The van der Waals surface area contributed by atoms with E-state index >= 15 is 0 Å². The monoisotopic (exact) mass is 383 g/mol. The van der Waals surface area contributed by atoms with Gasteiger partial charge in [-0.1, -0.05) is 23.7 Å². The SMILES string of the molecule is CC(=O)N1CCN(c2ccc(NC(=O)C=Cc3ccc(Cl)cc3)cc2)CC1. The molecule has 0 radical (unpaired) electrons. The van der Waals surface area contributed by atoms with E-state index < -0.39 is 0 Å². The number of benzene rings is 2. The van der Waals surface area contributed by atoms with E-state index in [4.69, 9.17) is 11.6 Å². The molecule has 2 aromatic rings. The number of carbonyl (C=O) groups excluding carboxylic acids is 2. The lowest BCUT2D eigenvalue weighted by Crippen LogP contribution is -2.48. The Balaban J connectivity index is 1.53. The van der Waals surface area contributed by atoms with E-state index in [9.17, 15) is 9.59 Å². The van der Waals surface area contributed by atoms with Crippen molar-refractivity contribution in [1.82, 2.24) is 4.90 Å². The molecule has 0 aliphatic carbocycles. The summed E-state index contributed by atoms with van der Waals surface area (Å²) in [6.07, 6.45) is 3.24. The molecule has 140 valence electrons. The fourth-order valence-corrected chi connectivity index (χ4v) is 3.09. The maximum Gasteiger partial charge on any atom is 0.248 e. The minimum atomic E-state index is -0.187. The third kappa shape index (κ3) is 5.34.